The number of aromatic hydroxyl groups is 1. The van der Waals surface area contributed by atoms with Gasteiger partial charge in [0.1, 0.15) is 11.6 Å². The summed E-state index contributed by atoms with van der Waals surface area (Å²) in [6.07, 6.45) is 1.31. The smallest absolute Gasteiger partial charge is 0.230 e. The fraction of sp³-hybridized carbons (Fsp3) is 0.375. The molecule has 0 spiro atoms. The zero-order chi connectivity index (χ0) is 16.2. The molecule has 0 bridgehead atoms. The van der Waals surface area contributed by atoms with Crippen molar-refractivity contribution in [2.75, 3.05) is 19.8 Å². The first-order valence-electron chi connectivity index (χ1n) is 7.36. The summed E-state index contributed by atoms with van der Waals surface area (Å²) >= 11 is 6.34. The van der Waals surface area contributed by atoms with Crippen molar-refractivity contribution in [1.29, 1.82) is 0 Å². The number of nitrogens with two attached hydrogens (primary N) is 1. The monoisotopic (exact) mass is 332 g/mol. The predicted molar refractivity (Wildman–Crippen MR) is 89.5 cm³/mol. The van der Waals surface area contributed by atoms with Crippen molar-refractivity contribution in [3.05, 3.63) is 28.8 Å². The van der Waals surface area contributed by atoms with Crippen LogP contribution in [0.5, 0.6) is 5.75 Å². The third-order valence-electron chi connectivity index (χ3n) is 3.75. The topological polar surface area (TPSA) is 83.4 Å². The second-order valence-corrected chi connectivity index (χ2v) is 5.71. The van der Waals surface area contributed by atoms with E-state index >= 15 is 0 Å². The number of hydrogen-bond acceptors (Lipinski definition) is 6. The van der Waals surface area contributed by atoms with Gasteiger partial charge in [-0.1, -0.05) is 17.5 Å². The minimum atomic E-state index is -0.163. The molecule has 3 N–H and O–H groups in total. The van der Waals surface area contributed by atoms with Crippen LogP contribution in [0.2, 0.25) is 5.02 Å². The highest BCUT2D eigenvalue weighted by atomic mass is 35.5. The molecule has 1 unspecified atom stereocenters. The van der Waals surface area contributed by atoms with Gasteiger partial charge in [0.15, 0.2) is 0 Å². The zero-order valence-electron chi connectivity index (χ0n) is 12.5. The lowest BCUT2D eigenvalue weighted by Crippen LogP contribution is -2.37. The summed E-state index contributed by atoms with van der Waals surface area (Å²) in [5.41, 5.74) is 6.54. The number of nitrogens with zero attached hydrogens (tertiary/aromatic N) is 3. The Morgan fingerprint density at radius 2 is 2.30 bits per heavy atom. The highest BCUT2D eigenvalue weighted by Crippen LogP contribution is 2.33. The molecule has 7 heteroatoms. The summed E-state index contributed by atoms with van der Waals surface area (Å²) in [5.74, 6) is 3.99. The minimum absolute atomic E-state index is 0.149. The van der Waals surface area contributed by atoms with Crippen molar-refractivity contribution in [2.45, 2.75) is 18.9 Å². The van der Waals surface area contributed by atoms with Gasteiger partial charge in [-0.2, -0.15) is 9.98 Å². The second kappa shape index (κ2) is 6.90. The first-order chi connectivity index (χ1) is 11.1. The van der Waals surface area contributed by atoms with Crippen molar-refractivity contribution in [3.63, 3.8) is 0 Å². The van der Waals surface area contributed by atoms with Crippen LogP contribution in [0.1, 0.15) is 24.4 Å². The van der Waals surface area contributed by atoms with Crippen molar-refractivity contribution in [2.24, 2.45) is 15.7 Å². The van der Waals surface area contributed by atoms with Crippen LogP contribution in [0.3, 0.4) is 0 Å². The van der Waals surface area contributed by atoms with E-state index < -0.39 is 0 Å². The van der Waals surface area contributed by atoms with Crippen molar-refractivity contribution >= 4 is 23.4 Å². The maximum absolute atomic E-state index is 9.81. The number of hydrogen-bond donors (Lipinski definition) is 2. The molecule has 6 nitrogen and oxygen atoms in total. The number of rotatable bonds is 1. The fourth-order valence-electron chi connectivity index (χ4n) is 2.71. The first kappa shape index (κ1) is 15.7. The third-order valence-corrected chi connectivity index (χ3v) is 4.09. The Morgan fingerprint density at radius 1 is 1.43 bits per heavy atom. The molecule has 0 aliphatic carbocycles. The maximum Gasteiger partial charge on any atom is 0.230 e. The van der Waals surface area contributed by atoms with E-state index in [4.69, 9.17) is 22.1 Å². The average molecular weight is 333 g/mol. The molecule has 1 aromatic carbocycles. The Morgan fingerprint density at radius 3 is 3.17 bits per heavy atom. The lowest BCUT2D eigenvalue weighted by Gasteiger charge is -2.32. The van der Waals surface area contributed by atoms with Crippen LogP contribution in [0.25, 0.3) is 0 Å². The molecule has 3 rings (SSSR count). The second-order valence-electron chi connectivity index (χ2n) is 5.31. The Hall–Kier alpha value is -2.23. The number of phenolic OH excluding ortho intramolecular Hbond substituents is 1. The first-order valence-corrected chi connectivity index (χ1v) is 7.74. The molecule has 0 amide bonds. The highest BCUT2D eigenvalue weighted by molar-refractivity contribution is 6.31. The van der Waals surface area contributed by atoms with Crippen LogP contribution < -0.4 is 5.73 Å². The number of ether oxygens (including phenoxy) is 1. The van der Waals surface area contributed by atoms with Crippen LogP contribution in [0.4, 0.5) is 0 Å². The van der Waals surface area contributed by atoms with Gasteiger partial charge < -0.3 is 20.5 Å². The van der Waals surface area contributed by atoms with Crippen molar-refractivity contribution in [1.82, 2.24) is 4.90 Å². The molecule has 2 heterocycles. The van der Waals surface area contributed by atoms with E-state index in [0.29, 0.717) is 24.7 Å². The van der Waals surface area contributed by atoms with E-state index in [-0.39, 0.29) is 17.8 Å². The predicted octanol–water partition coefficient (Wildman–Crippen LogP) is 1.89. The lowest BCUT2D eigenvalue weighted by molar-refractivity contribution is 0.118. The van der Waals surface area contributed by atoms with E-state index in [1.165, 1.54) is 0 Å². The van der Waals surface area contributed by atoms with E-state index in [1.807, 2.05) is 0 Å². The fourth-order valence-corrected chi connectivity index (χ4v) is 2.95. The number of halogens is 1. The lowest BCUT2D eigenvalue weighted by atomic mass is 10.0. The molecular weight excluding hydrogens is 316 g/mol. The average Bonchev–Trinajstić information content (AvgIpc) is 2.89. The summed E-state index contributed by atoms with van der Waals surface area (Å²) in [5, 5.41) is 10.4. The molecule has 1 saturated heterocycles. The largest absolute Gasteiger partial charge is 0.508 e. The quantitative estimate of drug-likeness (QED) is 0.769. The van der Waals surface area contributed by atoms with Crippen LogP contribution in [-0.2, 0) is 4.74 Å². The molecule has 1 atom stereocenters. The van der Waals surface area contributed by atoms with Gasteiger partial charge in [-0.05, 0) is 30.2 Å². The Labute approximate surface area is 139 Å². The minimum Gasteiger partial charge on any atom is -0.508 e. The molecule has 2 aliphatic rings. The van der Waals surface area contributed by atoms with Crippen LogP contribution in [0, 0.1) is 12.0 Å². The van der Waals surface area contributed by atoms with Gasteiger partial charge in [0, 0.05) is 24.2 Å². The summed E-state index contributed by atoms with van der Waals surface area (Å²) in [4.78, 5) is 10.3. The number of aliphatic imine (C=N–C) groups is 2. The number of phenols is 1. The number of benzene rings is 1. The summed E-state index contributed by atoms with van der Waals surface area (Å²) in [6.45, 7) is 1.85. The Bertz CT molecular complexity index is 721. The number of amidine groups is 1. The molecule has 2 aliphatic heterocycles. The van der Waals surface area contributed by atoms with Crippen LogP contribution >= 0.6 is 11.6 Å². The van der Waals surface area contributed by atoms with E-state index in [1.54, 1.807) is 18.2 Å². The zero-order valence-corrected chi connectivity index (χ0v) is 13.3. The standard InChI is InChI=1S/C16H17ClN4O2/c17-13-5-4-11(22)9-12(13)14-10-23-8-2-7-21(14)15-3-1-6-19-16(18)20-15/h4-5,9,14,22H,2-3,7-8,10H2,(H2,18,19). The molecule has 1 fully saturated rings. The molecule has 23 heavy (non-hydrogen) atoms. The molecule has 0 radical (unpaired) electrons. The van der Waals surface area contributed by atoms with Gasteiger partial charge in [-0.3, -0.25) is 0 Å². The van der Waals surface area contributed by atoms with Gasteiger partial charge in [0.05, 0.1) is 19.1 Å². The van der Waals surface area contributed by atoms with Gasteiger partial charge in [-0.15, -0.1) is 0 Å². The molecule has 1 aromatic rings. The van der Waals surface area contributed by atoms with E-state index in [9.17, 15) is 5.11 Å². The maximum atomic E-state index is 9.81. The molecule has 120 valence electrons. The van der Waals surface area contributed by atoms with E-state index in [2.05, 4.69) is 26.8 Å². The summed E-state index contributed by atoms with van der Waals surface area (Å²) < 4.78 is 5.70. The molecular formula is C16H17ClN4O2. The molecule has 0 aromatic heterocycles. The summed E-state index contributed by atoms with van der Waals surface area (Å²) in [7, 11) is 0. The van der Waals surface area contributed by atoms with Gasteiger partial charge in [0.2, 0.25) is 5.96 Å². The van der Waals surface area contributed by atoms with Crippen LogP contribution in [-0.4, -0.2) is 41.6 Å². The third kappa shape index (κ3) is 3.58. The Balaban J connectivity index is 2.00. The van der Waals surface area contributed by atoms with Crippen molar-refractivity contribution < 1.29 is 9.84 Å². The Kier molecular flexibility index (Phi) is 4.70. The van der Waals surface area contributed by atoms with Gasteiger partial charge >= 0.3 is 0 Å². The van der Waals surface area contributed by atoms with E-state index in [0.717, 1.165) is 24.4 Å². The number of guanidine groups is 1. The van der Waals surface area contributed by atoms with Crippen molar-refractivity contribution in [3.8, 4) is 17.7 Å². The van der Waals surface area contributed by atoms with Crippen LogP contribution in [0.15, 0.2) is 28.2 Å². The van der Waals surface area contributed by atoms with Gasteiger partial charge in [-0.25, -0.2) is 0 Å². The molecule has 0 saturated carbocycles. The SMILES string of the molecule is NC1=NC#CCC(N2CCCOCC2c2cc(O)ccc2Cl)=N1. The van der Waals surface area contributed by atoms with Gasteiger partial charge in [0.25, 0.3) is 0 Å². The highest BCUT2D eigenvalue weighted by Gasteiger charge is 2.28. The summed E-state index contributed by atoms with van der Waals surface area (Å²) in [6, 6.07) is 7.37. The normalized spacial score (nSPS) is 21.4.